The molecule has 1 atom stereocenters. The molecule has 0 saturated carbocycles. The third kappa shape index (κ3) is 3.80. The van der Waals surface area contributed by atoms with Crippen molar-refractivity contribution in [1.82, 2.24) is 0 Å². The van der Waals surface area contributed by atoms with Crippen molar-refractivity contribution in [3.05, 3.63) is 17.7 Å². The van der Waals surface area contributed by atoms with Gasteiger partial charge in [0.2, 0.25) is 0 Å². The summed E-state index contributed by atoms with van der Waals surface area (Å²) in [6.45, 7) is 1.54. The lowest BCUT2D eigenvalue weighted by molar-refractivity contribution is 0.0426. The van der Waals surface area contributed by atoms with Crippen LogP contribution in [0, 0.1) is 5.92 Å². The largest absolute Gasteiger partial charge is 0.496 e. The molecule has 0 bridgehead atoms. The van der Waals surface area contributed by atoms with Crippen molar-refractivity contribution in [1.29, 1.82) is 0 Å². The van der Waals surface area contributed by atoms with Gasteiger partial charge in [-0.25, -0.2) is 0 Å². The molecule has 1 heterocycles. The second-order valence-electron chi connectivity index (χ2n) is 5.25. The first-order valence-corrected chi connectivity index (χ1v) is 7.25. The van der Waals surface area contributed by atoms with E-state index in [2.05, 4.69) is 0 Å². The van der Waals surface area contributed by atoms with E-state index < -0.39 is 6.10 Å². The number of rotatable bonds is 6. The van der Waals surface area contributed by atoms with Crippen molar-refractivity contribution in [3.63, 3.8) is 0 Å². The summed E-state index contributed by atoms with van der Waals surface area (Å²) in [5.41, 5.74) is 0.687. The maximum absolute atomic E-state index is 10.6. The van der Waals surface area contributed by atoms with Crippen LogP contribution in [0.2, 0.25) is 0 Å². The molecule has 1 aliphatic heterocycles. The second kappa shape index (κ2) is 7.52. The lowest BCUT2D eigenvalue weighted by atomic mass is 9.90. The average Bonchev–Trinajstić information content (AvgIpc) is 2.54. The third-order valence-electron chi connectivity index (χ3n) is 3.98. The van der Waals surface area contributed by atoms with Gasteiger partial charge in [-0.1, -0.05) is 0 Å². The van der Waals surface area contributed by atoms with E-state index in [1.165, 1.54) is 0 Å². The van der Waals surface area contributed by atoms with E-state index in [1.54, 1.807) is 33.5 Å². The van der Waals surface area contributed by atoms with Gasteiger partial charge < -0.3 is 24.1 Å². The van der Waals surface area contributed by atoms with Crippen molar-refractivity contribution in [2.24, 2.45) is 5.92 Å². The molecule has 1 aliphatic rings. The summed E-state index contributed by atoms with van der Waals surface area (Å²) in [5.74, 6) is 2.28. The normalized spacial score (nSPS) is 17.3. The van der Waals surface area contributed by atoms with Gasteiger partial charge in [-0.3, -0.25) is 0 Å². The van der Waals surface area contributed by atoms with Crippen LogP contribution in [0.5, 0.6) is 17.2 Å². The summed E-state index contributed by atoms with van der Waals surface area (Å²) in [7, 11) is 4.75. The molecule has 1 aromatic carbocycles. The topological polar surface area (TPSA) is 57.2 Å². The number of ether oxygens (including phenoxy) is 4. The van der Waals surface area contributed by atoms with Gasteiger partial charge in [-0.2, -0.15) is 0 Å². The maximum Gasteiger partial charge on any atom is 0.132 e. The number of methoxy groups -OCH3 is 3. The molecule has 0 radical (unpaired) electrons. The zero-order chi connectivity index (χ0) is 15.2. The van der Waals surface area contributed by atoms with Crippen molar-refractivity contribution in [2.45, 2.75) is 25.4 Å². The molecular formula is C16H24O5. The first-order chi connectivity index (χ1) is 10.2. The zero-order valence-corrected chi connectivity index (χ0v) is 12.9. The lowest BCUT2D eigenvalue weighted by Gasteiger charge is -2.26. The molecule has 0 aromatic heterocycles. The van der Waals surface area contributed by atoms with Crippen LogP contribution in [-0.4, -0.2) is 39.6 Å². The lowest BCUT2D eigenvalue weighted by Crippen LogP contribution is -2.18. The predicted molar refractivity (Wildman–Crippen MR) is 79.2 cm³/mol. The molecule has 1 fully saturated rings. The molecule has 0 amide bonds. The highest BCUT2D eigenvalue weighted by molar-refractivity contribution is 5.51. The minimum atomic E-state index is -0.621. The minimum Gasteiger partial charge on any atom is -0.496 e. The van der Waals surface area contributed by atoms with Crippen molar-refractivity contribution in [2.75, 3.05) is 34.5 Å². The smallest absolute Gasteiger partial charge is 0.132 e. The Morgan fingerprint density at radius 1 is 1.10 bits per heavy atom. The summed E-state index contributed by atoms with van der Waals surface area (Å²) >= 11 is 0. The molecule has 5 nitrogen and oxygen atoms in total. The van der Waals surface area contributed by atoms with Crippen LogP contribution >= 0.6 is 0 Å². The fourth-order valence-corrected chi connectivity index (χ4v) is 2.78. The van der Waals surface area contributed by atoms with Gasteiger partial charge in [-0.05, 0) is 25.2 Å². The van der Waals surface area contributed by atoms with Crippen molar-refractivity contribution < 1.29 is 24.1 Å². The monoisotopic (exact) mass is 296 g/mol. The predicted octanol–water partition coefficient (Wildman–Crippen LogP) is 2.56. The summed E-state index contributed by atoms with van der Waals surface area (Å²) < 4.78 is 21.4. The molecule has 21 heavy (non-hydrogen) atoms. The zero-order valence-electron chi connectivity index (χ0n) is 12.9. The molecule has 1 N–H and O–H groups in total. The van der Waals surface area contributed by atoms with E-state index >= 15 is 0 Å². The highest BCUT2D eigenvalue weighted by Gasteiger charge is 2.25. The van der Waals surface area contributed by atoms with E-state index in [1.807, 2.05) is 0 Å². The Morgan fingerprint density at radius 3 is 2.14 bits per heavy atom. The summed E-state index contributed by atoms with van der Waals surface area (Å²) in [6.07, 6.45) is 2.03. The van der Waals surface area contributed by atoms with Gasteiger partial charge in [-0.15, -0.1) is 0 Å². The first kappa shape index (κ1) is 15.9. The number of aliphatic hydroxyl groups is 1. The van der Waals surface area contributed by atoms with Crippen LogP contribution in [-0.2, 0) is 4.74 Å². The SMILES string of the molecule is COc1cc(OC)c(C(O)CC2CCOCC2)c(OC)c1. The van der Waals surface area contributed by atoms with E-state index in [-0.39, 0.29) is 0 Å². The highest BCUT2D eigenvalue weighted by atomic mass is 16.5. The Bertz CT molecular complexity index is 429. The molecule has 1 saturated heterocycles. The van der Waals surface area contributed by atoms with Gasteiger partial charge in [0, 0.05) is 25.3 Å². The third-order valence-corrected chi connectivity index (χ3v) is 3.98. The molecule has 2 rings (SSSR count). The Balaban J connectivity index is 2.23. The summed E-state index contributed by atoms with van der Waals surface area (Å²) in [4.78, 5) is 0. The number of hydrogen-bond acceptors (Lipinski definition) is 5. The standard InChI is InChI=1S/C16H24O5/c1-18-12-9-14(19-2)16(15(10-12)20-3)13(17)8-11-4-6-21-7-5-11/h9-11,13,17H,4-8H2,1-3H3. The average molecular weight is 296 g/mol. The maximum atomic E-state index is 10.6. The van der Waals surface area contributed by atoms with Crippen LogP contribution in [0.1, 0.15) is 30.9 Å². The van der Waals surface area contributed by atoms with E-state index in [0.29, 0.717) is 35.2 Å². The van der Waals surface area contributed by atoms with Crippen LogP contribution in [0.4, 0.5) is 0 Å². The fourth-order valence-electron chi connectivity index (χ4n) is 2.78. The molecule has 1 aromatic rings. The van der Waals surface area contributed by atoms with E-state index in [4.69, 9.17) is 18.9 Å². The van der Waals surface area contributed by atoms with Gasteiger partial charge in [0.25, 0.3) is 0 Å². The van der Waals surface area contributed by atoms with Gasteiger partial charge in [0.1, 0.15) is 17.2 Å². The summed E-state index contributed by atoms with van der Waals surface area (Å²) in [6, 6.07) is 3.54. The van der Waals surface area contributed by atoms with Gasteiger partial charge >= 0.3 is 0 Å². The minimum absolute atomic E-state index is 0.463. The molecular weight excluding hydrogens is 272 g/mol. The van der Waals surface area contributed by atoms with Crippen LogP contribution < -0.4 is 14.2 Å². The molecule has 1 unspecified atom stereocenters. The Morgan fingerprint density at radius 2 is 1.67 bits per heavy atom. The fraction of sp³-hybridized carbons (Fsp3) is 0.625. The Labute approximate surface area is 125 Å². The quantitative estimate of drug-likeness (QED) is 0.874. The van der Waals surface area contributed by atoms with Crippen LogP contribution in [0.3, 0.4) is 0 Å². The number of hydrogen-bond donors (Lipinski definition) is 1. The van der Waals surface area contributed by atoms with E-state index in [0.717, 1.165) is 26.1 Å². The molecule has 0 spiro atoms. The first-order valence-electron chi connectivity index (χ1n) is 7.25. The Hall–Kier alpha value is -1.46. The summed E-state index contributed by atoms with van der Waals surface area (Å²) in [5, 5.41) is 10.6. The van der Waals surface area contributed by atoms with E-state index in [9.17, 15) is 5.11 Å². The second-order valence-corrected chi connectivity index (χ2v) is 5.25. The number of benzene rings is 1. The molecule has 5 heteroatoms. The van der Waals surface area contributed by atoms with Crippen molar-refractivity contribution >= 4 is 0 Å². The Kier molecular flexibility index (Phi) is 5.70. The molecule has 0 aliphatic carbocycles. The van der Waals surface area contributed by atoms with Gasteiger partial charge in [0.15, 0.2) is 0 Å². The highest BCUT2D eigenvalue weighted by Crippen LogP contribution is 2.41. The number of aliphatic hydroxyl groups excluding tert-OH is 1. The van der Waals surface area contributed by atoms with Crippen molar-refractivity contribution in [3.8, 4) is 17.2 Å². The van der Waals surface area contributed by atoms with Crippen LogP contribution in [0.15, 0.2) is 12.1 Å². The van der Waals surface area contributed by atoms with Crippen LogP contribution in [0.25, 0.3) is 0 Å². The molecule has 118 valence electrons. The van der Waals surface area contributed by atoms with Gasteiger partial charge in [0.05, 0.1) is 33.0 Å².